The number of hydrogen-bond acceptors (Lipinski definition) is 4. The first-order chi connectivity index (χ1) is 8.86. The molecule has 2 rings (SSSR count). The van der Waals surface area contributed by atoms with Gasteiger partial charge in [-0.15, -0.1) is 0 Å². The van der Waals surface area contributed by atoms with Crippen LogP contribution in [0.15, 0.2) is 17.1 Å². The van der Waals surface area contributed by atoms with Gasteiger partial charge in [0.1, 0.15) is 0 Å². The molecular formula is C13H18N2O4. The van der Waals surface area contributed by atoms with E-state index in [1.54, 1.807) is 13.0 Å². The molecule has 19 heavy (non-hydrogen) atoms. The third-order valence-electron chi connectivity index (χ3n) is 3.43. The highest BCUT2D eigenvalue weighted by Crippen LogP contribution is 2.52. The Kier molecular flexibility index (Phi) is 3.26. The van der Waals surface area contributed by atoms with Gasteiger partial charge in [0.05, 0.1) is 12.1 Å². The molecule has 6 heteroatoms. The van der Waals surface area contributed by atoms with E-state index in [9.17, 15) is 14.7 Å². The van der Waals surface area contributed by atoms with E-state index in [2.05, 4.69) is 0 Å². The zero-order valence-electron chi connectivity index (χ0n) is 11.3. The fraction of sp³-hybridized carbons (Fsp3) is 0.538. The lowest BCUT2D eigenvalue weighted by Gasteiger charge is -2.06. The summed E-state index contributed by atoms with van der Waals surface area (Å²) in [5, 5.41) is 9.63. The summed E-state index contributed by atoms with van der Waals surface area (Å²) in [4.78, 5) is 23.5. The molecule has 0 radical (unpaired) electrons. The van der Waals surface area contributed by atoms with E-state index < -0.39 is 5.69 Å². The van der Waals surface area contributed by atoms with Crippen molar-refractivity contribution in [3.63, 3.8) is 0 Å². The van der Waals surface area contributed by atoms with Crippen molar-refractivity contribution in [1.29, 1.82) is 0 Å². The highest BCUT2D eigenvalue weighted by Gasteiger charge is 2.51. The minimum absolute atomic E-state index is 0.0129. The molecule has 0 aromatic carbocycles. The number of nitrogens with zero attached hydrogens (tertiary/aromatic N) is 2. The zero-order valence-corrected chi connectivity index (χ0v) is 11.3. The lowest BCUT2D eigenvalue weighted by molar-refractivity contribution is -0.150. The van der Waals surface area contributed by atoms with Gasteiger partial charge in [-0.2, -0.15) is 0 Å². The molecule has 104 valence electrons. The lowest BCUT2D eigenvalue weighted by atomic mass is 10.1. The average Bonchev–Trinajstić information content (AvgIpc) is 2.89. The van der Waals surface area contributed by atoms with Crippen molar-refractivity contribution in [3.05, 3.63) is 22.8 Å². The minimum Gasteiger partial charge on any atom is -0.493 e. The van der Waals surface area contributed by atoms with Gasteiger partial charge in [-0.3, -0.25) is 9.36 Å². The van der Waals surface area contributed by atoms with E-state index in [1.807, 2.05) is 13.8 Å². The lowest BCUT2D eigenvalue weighted by Crippen LogP contribution is -2.24. The number of carbonyl (C=O) groups excluding carboxylic acids is 1. The molecule has 1 aromatic heterocycles. The van der Waals surface area contributed by atoms with Crippen molar-refractivity contribution in [2.24, 2.45) is 11.3 Å². The largest absolute Gasteiger partial charge is 0.493 e. The van der Waals surface area contributed by atoms with E-state index in [0.29, 0.717) is 0 Å². The number of allylic oxidation sites excluding steroid dienone is 1. The van der Waals surface area contributed by atoms with E-state index in [-0.39, 0.29) is 29.9 Å². The Bertz CT molecular complexity index is 580. The smallest absolute Gasteiger partial charge is 0.337 e. The molecule has 0 amide bonds. The van der Waals surface area contributed by atoms with Crippen molar-refractivity contribution in [2.45, 2.75) is 33.9 Å². The topological polar surface area (TPSA) is 73.5 Å². The molecule has 1 saturated carbocycles. The molecule has 1 fully saturated rings. The molecular weight excluding hydrogens is 248 g/mol. The molecule has 1 aromatic rings. The van der Waals surface area contributed by atoms with Crippen LogP contribution in [0.25, 0.3) is 6.20 Å². The van der Waals surface area contributed by atoms with Crippen LogP contribution in [0.5, 0.6) is 5.88 Å². The molecule has 1 atom stereocenters. The summed E-state index contributed by atoms with van der Waals surface area (Å²) in [6, 6.07) is 0. The van der Waals surface area contributed by atoms with Gasteiger partial charge in [0.15, 0.2) is 6.73 Å². The number of rotatable bonds is 4. The van der Waals surface area contributed by atoms with Crippen molar-refractivity contribution in [1.82, 2.24) is 9.13 Å². The summed E-state index contributed by atoms with van der Waals surface area (Å²) in [6.07, 6.45) is 5.26. The van der Waals surface area contributed by atoms with Crippen LogP contribution in [0.4, 0.5) is 0 Å². The van der Waals surface area contributed by atoms with Crippen molar-refractivity contribution < 1.29 is 14.6 Å². The van der Waals surface area contributed by atoms with Crippen LogP contribution in [0, 0.1) is 11.3 Å². The Morgan fingerprint density at radius 3 is 2.79 bits per heavy atom. The Labute approximate surface area is 110 Å². The maximum Gasteiger partial charge on any atom is 0.337 e. The number of aromatic hydroxyl groups is 1. The predicted octanol–water partition coefficient (Wildman–Crippen LogP) is 1.39. The standard InChI is InChI=1S/C13H18N2O4/c1-4-5-14-7-10(16)15(12(14)18)8-19-11(17)9-6-13(9,2)3/h4-5,7,9,16H,6,8H2,1-3H3. The summed E-state index contributed by atoms with van der Waals surface area (Å²) in [5.41, 5.74) is -0.459. The summed E-state index contributed by atoms with van der Waals surface area (Å²) in [6.45, 7) is 5.48. The molecule has 1 heterocycles. The third kappa shape index (κ3) is 2.57. The fourth-order valence-corrected chi connectivity index (χ4v) is 1.97. The monoisotopic (exact) mass is 266 g/mol. The highest BCUT2D eigenvalue weighted by atomic mass is 16.5. The Morgan fingerprint density at radius 1 is 1.63 bits per heavy atom. The molecule has 1 aliphatic rings. The van der Waals surface area contributed by atoms with Crippen LogP contribution >= 0.6 is 0 Å². The first-order valence-corrected chi connectivity index (χ1v) is 6.17. The van der Waals surface area contributed by atoms with E-state index in [1.165, 1.54) is 17.0 Å². The number of imidazole rings is 1. The van der Waals surface area contributed by atoms with Gasteiger partial charge in [0.2, 0.25) is 5.88 Å². The molecule has 1 aliphatic carbocycles. The van der Waals surface area contributed by atoms with Crippen molar-refractivity contribution in [3.8, 4) is 5.88 Å². The van der Waals surface area contributed by atoms with Crippen LogP contribution in [0.1, 0.15) is 27.2 Å². The van der Waals surface area contributed by atoms with Crippen LogP contribution in [0.3, 0.4) is 0 Å². The van der Waals surface area contributed by atoms with Gasteiger partial charge in [0, 0.05) is 6.20 Å². The summed E-state index contributed by atoms with van der Waals surface area (Å²) in [5.74, 6) is -0.663. The van der Waals surface area contributed by atoms with Gasteiger partial charge >= 0.3 is 11.7 Å². The molecule has 6 nitrogen and oxygen atoms in total. The predicted molar refractivity (Wildman–Crippen MR) is 69.3 cm³/mol. The number of esters is 1. The number of carbonyl (C=O) groups is 1. The Morgan fingerprint density at radius 2 is 2.26 bits per heavy atom. The highest BCUT2D eigenvalue weighted by molar-refractivity contribution is 5.76. The summed E-state index contributed by atoms with van der Waals surface area (Å²) in [7, 11) is 0. The Hall–Kier alpha value is -1.98. The first kappa shape index (κ1) is 13.5. The molecule has 0 aliphatic heterocycles. The van der Waals surface area contributed by atoms with Crippen molar-refractivity contribution in [2.75, 3.05) is 0 Å². The summed E-state index contributed by atoms with van der Waals surface area (Å²) < 4.78 is 7.30. The maximum atomic E-state index is 11.8. The van der Waals surface area contributed by atoms with Crippen molar-refractivity contribution >= 4 is 12.2 Å². The first-order valence-electron chi connectivity index (χ1n) is 6.17. The minimum atomic E-state index is -0.446. The van der Waals surface area contributed by atoms with Crippen LogP contribution in [-0.2, 0) is 16.3 Å². The molecule has 0 bridgehead atoms. The van der Waals surface area contributed by atoms with Gasteiger partial charge in [-0.1, -0.05) is 19.9 Å². The van der Waals surface area contributed by atoms with E-state index in [4.69, 9.17) is 4.74 Å². The van der Waals surface area contributed by atoms with E-state index in [0.717, 1.165) is 11.0 Å². The normalized spacial score (nSPS) is 20.7. The van der Waals surface area contributed by atoms with Crippen LogP contribution in [0.2, 0.25) is 0 Å². The third-order valence-corrected chi connectivity index (χ3v) is 3.43. The Balaban J connectivity index is 2.04. The fourth-order valence-electron chi connectivity index (χ4n) is 1.97. The molecule has 0 spiro atoms. The van der Waals surface area contributed by atoms with Gasteiger partial charge in [-0.25, -0.2) is 9.36 Å². The molecule has 1 unspecified atom stereocenters. The number of aromatic nitrogens is 2. The number of hydrogen-bond donors (Lipinski definition) is 1. The van der Waals surface area contributed by atoms with Crippen LogP contribution < -0.4 is 5.69 Å². The summed E-state index contributed by atoms with van der Waals surface area (Å²) >= 11 is 0. The maximum absolute atomic E-state index is 11.8. The zero-order chi connectivity index (χ0) is 14.2. The SMILES string of the molecule is CC=Cn1cc(O)n(COC(=O)C2CC2(C)C)c1=O. The second-order valence-electron chi connectivity index (χ2n) is 5.43. The van der Waals surface area contributed by atoms with Gasteiger partial charge in [0.25, 0.3) is 0 Å². The average molecular weight is 266 g/mol. The van der Waals surface area contributed by atoms with Crippen LogP contribution in [-0.4, -0.2) is 20.2 Å². The molecule has 0 saturated heterocycles. The second kappa shape index (κ2) is 4.60. The van der Waals surface area contributed by atoms with E-state index >= 15 is 0 Å². The van der Waals surface area contributed by atoms with Gasteiger partial charge < -0.3 is 9.84 Å². The quantitative estimate of drug-likeness (QED) is 0.836. The second-order valence-corrected chi connectivity index (χ2v) is 5.43. The molecule has 1 N–H and O–H groups in total. The number of ether oxygens (including phenoxy) is 1. The van der Waals surface area contributed by atoms with Gasteiger partial charge in [-0.05, 0) is 18.8 Å².